The molecular formula is C23H24N2O2. The Morgan fingerprint density at radius 2 is 1.89 bits per heavy atom. The molecule has 138 valence electrons. The molecule has 2 aromatic carbocycles. The molecule has 0 unspecified atom stereocenters. The summed E-state index contributed by atoms with van der Waals surface area (Å²) in [5.41, 5.74) is 4.42. The topological polar surface area (TPSA) is 34.5 Å². The maximum absolute atomic E-state index is 13.2. The lowest BCUT2D eigenvalue weighted by molar-refractivity contribution is 0.0724. The minimum atomic E-state index is 0.0865. The van der Waals surface area contributed by atoms with Gasteiger partial charge in [0.05, 0.1) is 6.61 Å². The molecule has 4 heteroatoms. The fourth-order valence-electron chi connectivity index (χ4n) is 3.65. The summed E-state index contributed by atoms with van der Waals surface area (Å²) in [7, 11) is 0. The quantitative estimate of drug-likeness (QED) is 0.685. The number of carbonyl (C=O) groups is 1. The number of amides is 1. The average Bonchev–Trinajstić information content (AvgIpc) is 3.16. The van der Waals surface area contributed by atoms with E-state index < -0.39 is 0 Å². The molecule has 0 atom stereocenters. The predicted octanol–water partition coefficient (Wildman–Crippen LogP) is 4.13. The van der Waals surface area contributed by atoms with Crippen LogP contribution in [0, 0.1) is 0 Å². The Bertz CT molecular complexity index is 931. The van der Waals surface area contributed by atoms with Crippen LogP contribution in [0.15, 0.2) is 66.9 Å². The van der Waals surface area contributed by atoms with Gasteiger partial charge in [0.1, 0.15) is 11.4 Å². The van der Waals surface area contributed by atoms with E-state index in [9.17, 15) is 4.79 Å². The summed E-state index contributed by atoms with van der Waals surface area (Å²) < 4.78 is 7.65. The van der Waals surface area contributed by atoms with Crippen molar-refractivity contribution in [3.05, 3.63) is 89.2 Å². The van der Waals surface area contributed by atoms with Crippen LogP contribution in [-0.2, 0) is 19.5 Å². The normalized spacial score (nSPS) is 13.3. The molecule has 1 aliphatic heterocycles. The van der Waals surface area contributed by atoms with Crippen LogP contribution in [0.1, 0.15) is 34.1 Å². The molecule has 0 aliphatic carbocycles. The number of benzene rings is 2. The van der Waals surface area contributed by atoms with Crippen LogP contribution in [0.25, 0.3) is 0 Å². The van der Waals surface area contributed by atoms with Gasteiger partial charge in [-0.05, 0) is 54.3 Å². The average molecular weight is 360 g/mol. The molecule has 3 aromatic rings. The van der Waals surface area contributed by atoms with Crippen LogP contribution < -0.4 is 4.74 Å². The lowest BCUT2D eigenvalue weighted by Crippen LogP contribution is -2.37. The van der Waals surface area contributed by atoms with E-state index in [2.05, 4.69) is 24.3 Å². The third-order valence-corrected chi connectivity index (χ3v) is 5.03. The Balaban J connectivity index is 1.53. The number of aromatic nitrogens is 1. The van der Waals surface area contributed by atoms with Gasteiger partial charge in [0.15, 0.2) is 0 Å². The smallest absolute Gasteiger partial charge is 0.270 e. The number of fused-ring (bicyclic) bond motifs is 1. The zero-order chi connectivity index (χ0) is 18.6. The SMILES string of the molecule is CCOc1ccc2c(c1)CN(C(=O)c1cccn1Cc1ccccc1)CC2. The molecule has 0 saturated carbocycles. The van der Waals surface area contributed by atoms with Gasteiger partial charge < -0.3 is 14.2 Å². The summed E-state index contributed by atoms with van der Waals surface area (Å²) in [6, 6.07) is 20.3. The van der Waals surface area contributed by atoms with Gasteiger partial charge in [-0.1, -0.05) is 36.4 Å². The first-order valence-electron chi connectivity index (χ1n) is 9.47. The number of ether oxygens (including phenoxy) is 1. The van der Waals surface area contributed by atoms with E-state index in [0.717, 1.165) is 24.4 Å². The second-order valence-corrected chi connectivity index (χ2v) is 6.85. The molecule has 4 nitrogen and oxygen atoms in total. The highest BCUT2D eigenvalue weighted by molar-refractivity contribution is 5.93. The van der Waals surface area contributed by atoms with Gasteiger partial charge in [0.2, 0.25) is 0 Å². The Labute approximate surface area is 160 Å². The van der Waals surface area contributed by atoms with E-state index >= 15 is 0 Å². The standard InChI is InChI=1S/C23H24N2O2/c1-2-27-21-11-10-19-12-14-25(17-20(19)15-21)23(26)22-9-6-13-24(22)16-18-7-4-3-5-8-18/h3-11,13,15H,2,12,14,16-17H2,1H3. The highest BCUT2D eigenvalue weighted by Crippen LogP contribution is 2.25. The molecule has 0 bridgehead atoms. The van der Waals surface area contributed by atoms with Crippen molar-refractivity contribution in [2.45, 2.75) is 26.4 Å². The minimum absolute atomic E-state index is 0.0865. The molecular weight excluding hydrogens is 336 g/mol. The third-order valence-electron chi connectivity index (χ3n) is 5.03. The fourth-order valence-corrected chi connectivity index (χ4v) is 3.65. The molecule has 4 rings (SSSR count). The summed E-state index contributed by atoms with van der Waals surface area (Å²) in [6.45, 7) is 4.71. The fraction of sp³-hybridized carbons (Fsp3) is 0.261. The molecule has 2 heterocycles. The van der Waals surface area contributed by atoms with Gasteiger partial charge in [-0.3, -0.25) is 4.79 Å². The van der Waals surface area contributed by atoms with E-state index in [0.29, 0.717) is 19.7 Å². The van der Waals surface area contributed by atoms with Crippen LogP contribution >= 0.6 is 0 Å². The molecule has 1 aliphatic rings. The Morgan fingerprint density at radius 3 is 2.70 bits per heavy atom. The van der Waals surface area contributed by atoms with E-state index in [-0.39, 0.29) is 5.91 Å². The van der Waals surface area contributed by atoms with E-state index in [1.165, 1.54) is 16.7 Å². The summed E-state index contributed by atoms with van der Waals surface area (Å²) in [4.78, 5) is 15.1. The lowest BCUT2D eigenvalue weighted by Gasteiger charge is -2.29. The number of rotatable bonds is 5. The monoisotopic (exact) mass is 360 g/mol. The summed E-state index contributed by atoms with van der Waals surface area (Å²) in [6.07, 6.45) is 2.86. The number of hydrogen-bond donors (Lipinski definition) is 0. The molecule has 1 aromatic heterocycles. The number of nitrogens with zero attached hydrogens (tertiary/aromatic N) is 2. The molecule has 27 heavy (non-hydrogen) atoms. The largest absolute Gasteiger partial charge is 0.494 e. The van der Waals surface area contributed by atoms with Crippen LogP contribution in [0.3, 0.4) is 0 Å². The molecule has 1 amide bonds. The van der Waals surface area contributed by atoms with Gasteiger partial charge >= 0.3 is 0 Å². The van der Waals surface area contributed by atoms with Gasteiger partial charge in [0, 0.05) is 25.8 Å². The van der Waals surface area contributed by atoms with Crippen LogP contribution in [0.5, 0.6) is 5.75 Å². The maximum Gasteiger partial charge on any atom is 0.270 e. The second kappa shape index (κ2) is 7.70. The van der Waals surface area contributed by atoms with Crippen LogP contribution in [0.4, 0.5) is 0 Å². The van der Waals surface area contributed by atoms with Crippen molar-refractivity contribution in [2.75, 3.05) is 13.2 Å². The van der Waals surface area contributed by atoms with E-state index in [1.54, 1.807) is 0 Å². The first kappa shape index (κ1) is 17.4. The first-order valence-corrected chi connectivity index (χ1v) is 9.47. The highest BCUT2D eigenvalue weighted by atomic mass is 16.5. The van der Waals surface area contributed by atoms with Gasteiger partial charge in [-0.2, -0.15) is 0 Å². The predicted molar refractivity (Wildman–Crippen MR) is 106 cm³/mol. The van der Waals surface area contributed by atoms with Crippen molar-refractivity contribution in [1.29, 1.82) is 0 Å². The molecule has 0 N–H and O–H groups in total. The molecule has 0 fully saturated rings. The van der Waals surface area contributed by atoms with Crippen LogP contribution in [-0.4, -0.2) is 28.5 Å². The lowest BCUT2D eigenvalue weighted by atomic mass is 9.99. The summed E-state index contributed by atoms with van der Waals surface area (Å²) >= 11 is 0. The second-order valence-electron chi connectivity index (χ2n) is 6.85. The minimum Gasteiger partial charge on any atom is -0.494 e. The van der Waals surface area contributed by atoms with E-state index in [4.69, 9.17) is 4.74 Å². The number of carbonyl (C=O) groups excluding carboxylic acids is 1. The van der Waals surface area contributed by atoms with Crippen LogP contribution in [0.2, 0.25) is 0 Å². The van der Waals surface area contributed by atoms with Crippen molar-refractivity contribution in [3.63, 3.8) is 0 Å². The van der Waals surface area contributed by atoms with Gasteiger partial charge in [0.25, 0.3) is 5.91 Å². The zero-order valence-electron chi connectivity index (χ0n) is 15.6. The van der Waals surface area contributed by atoms with Crippen molar-refractivity contribution in [3.8, 4) is 5.75 Å². The Hall–Kier alpha value is -3.01. The number of hydrogen-bond acceptors (Lipinski definition) is 2. The molecule has 0 saturated heterocycles. The first-order chi connectivity index (χ1) is 13.2. The van der Waals surface area contributed by atoms with Crippen molar-refractivity contribution >= 4 is 5.91 Å². The molecule has 0 spiro atoms. The van der Waals surface area contributed by atoms with Crippen molar-refractivity contribution in [1.82, 2.24) is 9.47 Å². The van der Waals surface area contributed by atoms with Gasteiger partial charge in [-0.15, -0.1) is 0 Å². The Morgan fingerprint density at radius 1 is 1.04 bits per heavy atom. The van der Waals surface area contributed by atoms with E-state index in [1.807, 2.05) is 59.0 Å². The van der Waals surface area contributed by atoms with Crippen molar-refractivity contribution in [2.24, 2.45) is 0 Å². The Kier molecular flexibility index (Phi) is 4.97. The third kappa shape index (κ3) is 3.75. The highest BCUT2D eigenvalue weighted by Gasteiger charge is 2.24. The summed E-state index contributed by atoms with van der Waals surface area (Å²) in [5, 5.41) is 0. The zero-order valence-corrected chi connectivity index (χ0v) is 15.6. The van der Waals surface area contributed by atoms with Gasteiger partial charge in [-0.25, -0.2) is 0 Å². The summed E-state index contributed by atoms with van der Waals surface area (Å²) in [5.74, 6) is 0.960. The molecule has 0 radical (unpaired) electrons. The maximum atomic E-state index is 13.2. The van der Waals surface area contributed by atoms with Crippen molar-refractivity contribution < 1.29 is 9.53 Å².